The van der Waals surface area contributed by atoms with Gasteiger partial charge in [-0.1, -0.05) is 23.2 Å². The molecule has 0 bridgehead atoms. The van der Waals surface area contributed by atoms with E-state index in [4.69, 9.17) is 38.3 Å². The quantitative estimate of drug-likeness (QED) is 0.393. The fourth-order valence-electron chi connectivity index (χ4n) is 2.71. The Balaban J connectivity index is 1.79. The molecule has 1 aliphatic heterocycles. The third-order valence-electron chi connectivity index (χ3n) is 4.06. The smallest absolute Gasteiger partial charge is 0.411 e. The molecule has 1 aliphatic rings. The number of anilines is 1. The number of halogens is 2. The molecule has 0 unspecified atom stereocenters. The van der Waals surface area contributed by atoms with E-state index in [-0.39, 0.29) is 27.4 Å². The number of hydrogen-bond donors (Lipinski definition) is 4. The number of carbonyl (C=O) groups excluding carboxylic acids is 2. The largest absolute Gasteiger partial charge is 0.465 e. The highest BCUT2D eigenvalue weighted by atomic mass is 35.5. The van der Waals surface area contributed by atoms with Crippen LogP contribution >= 0.6 is 23.2 Å². The molecular formula is C19H13Cl2N5O5. The van der Waals surface area contributed by atoms with Gasteiger partial charge in [-0.25, -0.2) is 4.79 Å². The van der Waals surface area contributed by atoms with Crippen LogP contribution in [0, 0.1) is 11.3 Å². The number of hydrazone groups is 1. The number of carbonyl (C=O) groups is 3. The Kier molecular flexibility index (Phi) is 6.59. The van der Waals surface area contributed by atoms with Crippen LogP contribution in [-0.2, 0) is 11.2 Å². The Hall–Kier alpha value is -3.81. The van der Waals surface area contributed by atoms with Crippen molar-refractivity contribution in [3.05, 3.63) is 51.5 Å². The lowest BCUT2D eigenvalue weighted by atomic mass is 10.0. The van der Waals surface area contributed by atoms with Gasteiger partial charge in [0, 0.05) is 12.1 Å². The summed E-state index contributed by atoms with van der Waals surface area (Å²) in [7, 11) is 0. The van der Waals surface area contributed by atoms with Crippen molar-refractivity contribution in [2.45, 2.75) is 6.42 Å². The molecule has 3 rings (SSSR count). The van der Waals surface area contributed by atoms with E-state index >= 15 is 0 Å². The first-order valence-electron chi connectivity index (χ1n) is 8.64. The van der Waals surface area contributed by atoms with Crippen LogP contribution in [0.3, 0.4) is 0 Å². The Morgan fingerprint density at radius 1 is 1.23 bits per heavy atom. The maximum atomic E-state index is 11.8. The van der Waals surface area contributed by atoms with Crippen molar-refractivity contribution in [3.63, 3.8) is 0 Å². The molecule has 0 spiro atoms. The van der Waals surface area contributed by atoms with Gasteiger partial charge in [0.05, 0.1) is 15.7 Å². The fourth-order valence-corrected chi connectivity index (χ4v) is 3.28. The number of ether oxygens (including phenoxy) is 1. The Bertz CT molecular complexity index is 1140. The van der Waals surface area contributed by atoms with E-state index in [1.165, 1.54) is 23.5 Å². The minimum absolute atomic E-state index is 0.106. The number of amides is 3. The summed E-state index contributed by atoms with van der Waals surface area (Å²) in [6, 6.07) is 9.26. The van der Waals surface area contributed by atoms with Gasteiger partial charge in [0.15, 0.2) is 5.75 Å². The van der Waals surface area contributed by atoms with Crippen LogP contribution in [0.15, 0.2) is 35.4 Å². The SMILES string of the molecule is N#CC(=NNc1cc(Cl)c(Oc2ccc3c(c2)CCNC3=O)c(Cl)c1)C(=O)NC(=O)O. The monoisotopic (exact) mass is 461 g/mol. The minimum atomic E-state index is -1.62. The summed E-state index contributed by atoms with van der Waals surface area (Å²) in [6.45, 7) is 0.535. The standard InChI is InChI=1S/C19H13Cl2N5O5/c20-13-6-10(25-26-15(8-22)18(28)24-19(29)30)7-14(21)16(13)31-11-1-2-12-9(5-11)3-4-23-17(12)27/h1-2,5-7,25H,3-4H2,(H,23,27)(H,24,28)(H,29,30). The lowest BCUT2D eigenvalue weighted by Crippen LogP contribution is -2.34. The van der Waals surface area contributed by atoms with E-state index in [0.29, 0.717) is 24.3 Å². The normalized spacial score (nSPS) is 12.8. The summed E-state index contributed by atoms with van der Waals surface area (Å²) >= 11 is 12.5. The molecule has 3 amide bonds. The topological polar surface area (TPSA) is 153 Å². The van der Waals surface area contributed by atoms with Crippen LogP contribution in [0.1, 0.15) is 15.9 Å². The van der Waals surface area contributed by atoms with Gasteiger partial charge >= 0.3 is 6.09 Å². The second-order valence-electron chi connectivity index (χ2n) is 6.14. The van der Waals surface area contributed by atoms with Crippen LogP contribution in [0.2, 0.25) is 10.0 Å². The molecule has 0 atom stereocenters. The van der Waals surface area contributed by atoms with Gasteiger partial charge in [0.25, 0.3) is 11.8 Å². The molecule has 31 heavy (non-hydrogen) atoms. The molecule has 0 aliphatic carbocycles. The van der Waals surface area contributed by atoms with Crippen molar-refractivity contribution in [3.8, 4) is 17.6 Å². The van der Waals surface area contributed by atoms with Crippen LogP contribution in [0.25, 0.3) is 0 Å². The van der Waals surface area contributed by atoms with Crippen LogP contribution in [-0.4, -0.2) is 35.3 Å². The van der Waals surface area contributed by atoms with E-state index in [1.807, 2.05) is 0 Å². The molecule has 0 aromatic heterocycles. The molecule has 1 heterocycles. The lowest BCUT2D eigenvalue weighted by molar-refractivity contribution is -0.114. The summed E-state index contributed by atoms with van der Waals surface area (Å²) < 4.78 is 5.78. The minimum Gasteiger partial charge on any atom is -0.465 e. The summed E-state index contributed by atoms with van der Waals surface area (Å²) in [4.78, 5) is 33.9. The van der Waals surface area contributed by atoms with Crippen molar-refractivity contribution < 1.29 is 24.2 Å². The van der Waals surface area contributed by atoms with E-state index in [1.54, 1.807) is 18.2 Å². The molecule has 2 aromatic carbocycles. The number of fused-ring (bicyclic) bond motifs is 1. The molecular weight excluding hydrogens is 449 g/mol. The third-order valence-corrected chi connectivity index (χ3v) is 4.62. The zero-order chi connectivity index (χ0) is 22.5. The predicted octanol–water partition coefficient (Wildman–Crippen LogP) is 3.16. The molecule has 0 fully saturated rings. The van der Waals surface area contributed by atoms with Crippen molar-refractivity contribution >= 4 is 52.5 Å². The van der Waals surface area contributed by atoms with Gasteiger partial charge in [-0.15, -0.1) is 0 Å². The maximum Gasteiger partial charge on any atom is 0.411 e. The number of imide groups is 1. The lowest BCUT2D eigenvalue weighted by Gasteiger charge is -2.18. The number of benzene rings is 2. The number of nitriles is 1. The van der Waals surface area contributed by atoms with Gasteiger partial charge in [0.1, 0.15) is 11.8 Å². The number of carboxylic acid groups (broad SMARTS) is 1. The molecule has 0 saturated carbocycles. The van der Waals surface area contributed by atoms with Gasteiger partial charge in [0.2, 0.25) is 5.71 Å². The molecule has 4 N–H and O–H groups in total. The van der Waals surface area contributed by atoms with E-state index in [9.17, 15) is 14.4 Å². The molecule has 10 nitrogen and oxygen atoms in total. The maximum absolute atomic E-state index is 11.8. The van der Waals surface area contributed by atoms with E-state index in [2.05, 4.69) is 15.8 Å². The van der Waals surface area contributed by atoms with Crippen molar-refractivity contribution in [1.29, 1.82) is 5.26 Å². The highest BCUT2D eigenvalue weighted by Crippen LogP contribution is 2.39. The number of hydrogen-bond acceptors (Lipinski definition) is 7. The van der Waals surface area contributed by atoms with Crippen LogP contribution in [0.5, 0.6) is 11.5 Å². The van der Waals surface area contributed by atoms with E-state index in [0.717, 1.165) is 5.56 Å². The Morgan fingerprint density at radius 3 is 2.58 bits per heavy atom. The molecule has 12 heteroatoms. The van der Waals surface area contributed by atoms with Gasteiger partial charge in [-0.2, -0.15) is 10.4 Å². The molecule has 158 valence electrons. The number of nitrogens with zero attached hydrogens (tertiary/aromatic N) is 2. The zero-order valence-corrected chi connectivity index (χ0v) is 17.0. The third kappa shape index (κ3) is 5.22. The average molecular weight is 462 g/mol. The van der Waals surface area contributed by atoms with Crippen molar-refractivity contribution in [1.82, 2.24) is 10.6 Å². The predicted molar refractivity (Wildman–Crippen MR) is 112 cm³/mol. The first-order valence-corrected chi connectivity index (χ1v) is 9.40. The first-order chi connectivity index (χ1) is 14.8. The highest BCUT2D eigenvalue weighted by Gasteiger charge is 2.18. The van der Waals surface area contributed by atoms with Gasteiger partial charge in [-0.3, -0.25) is 20.3 Å². The second-order valence-corrected chi connectivity index (χ2v) is 6.95. The fraction of sp³-hybridized carbons (Fsp3) is 0.105. The van der Waals surface area contributed by atoms with Crippen molar-refractivity contribution in [2.24, 2.45) is 5.10 Å². The first kappa shape index (κ1) is 21.9. The Morgan fingerprint density at radius 2 is 1.94 bits per heavy atom. The Labute approximate surface area is 185 Å². The number of rotatable bonds is 5. The molecule has 0 radical (unpaired) electrons. The van der Waals surface area contributed by atoms with Crippen LogP contribution in [0.4, 0.5) is 10.5 Å². The molecule has 0 saturated heterocycles. The van der Waals surface area contributed by atoms with Gasteiger partial charge < -0.3 is 15.2 Å². The highest BCUT2D eigenvalue weighted by molar-refractivity contribution is 6.46. The van der Waals surface area contributed by atoms with Crippen molar-refractivity contribution in [2.75, 3.05) is 12.0 Å². The average Bonchev–Trinajstić information content (AvgIpc) is 2.71. The summed E-state index contributed by atoms with van der Waals surface area (Å²) in [5, 5.41) is 25.5. The number of nitrogens with one attached hydrogen (secondary N) is 3. The van der Waals surface area contributed by atoms with E-state index < -0.39 is 17.7 Å². The summed E-state index contributed by atoms with van der Waals surface area (Å²) in [5.41, 5.74) is 3.33. The second kappa shape index (κ2) is 9.34. The zero-order valence-electron chi connectivity index (χ0n) is 15.5. The summed E-state index contributed by atoms with van der Waals surface area (Å²) in [6.07, 6.45) is -0.958. The van der Waals surface area contributed by atoms with Crippen LogP contribution < -0.4 is 20.8 Å². The summed E-state index contributed by atoms with van der Waals surface area (Å²) in [5.74, 6) is -0.746. The van der Waals surface area contributed by atoms with Gasteiger partial charge in [-0.05, 0) is 42.3 Å². The molecule has 2 aromatic rings.